The number of carbonyl (C=O) groups is 1. The molecule has 1 atom stereocenters. The molecule has 18 heavy (non-hydrogen) atoms. The average molecular weight is 279 g/mol. The zero-order valence-corrected chi connectivity index (χ0v) is 10.3. The molecule has 0 aromatic carbocycles. The summed E-state index contributed by atoms with van der Waals surface area (Å²) in [6.07, 6.45) is -11.3. The molecule has 0 saturated heterocycles. The van der Waals surface area contributed by atoms with Crippen LogP contribution in [0.3, 0.4) is 0 Å². The number of amides is 1. The second-order valence-electron chi connectivity index (χ2n) is 5.11. The normalized spacial score (nSPS) is 15.7. The maximum absolute atomic E-state index is 12.2. The standard InChI is InChI=1S/C10H15F6NO/c1-5(8(2,3)4)17-7(18)6(9(11,12)13)10(14,15)16/h5-6H,1-4H3,(H,17,18). The lowest BCUT2D eigenvalue weighted by molar-refractivity contribution is -0.274. The SMILES string of the molecule is CC(NC(=O)C(C(F)(F)F)C(F)(F)F)C(C)(C)C. The molecular formula is C10H15F6NO. The van der Waals surface area contributed by atoms with E-state index in [2.05, 4.69) is 0 Å². The van der Waals surface area contributed by atoms with E-state index in [-0.39, 0.29) is 0 Å². The Bertz CT molecular complexity index is 287. The van der Waals surface area contributed by atoms with Crippen LogP contribution >= 0.6 is 0 Å². The average Bonchev–Trinajstić information content (AvgIpc) is 1.94. The number of hydrogen-bond acceptors (Lipinski definition) is 1. The van der Waals surface area contributed by atoms with E-state index in [0.717, 1.165) is 0 Å². The summed E-state index contributed by atoms with van der Waals surface area (Å²) in [6.45, 7) is 6.12. The molecule has 0 aliphatic heterocycles. The van der Waals surface area contributed by atoms with Crippen molar-refractivity contribution in [3.63, 3.8) is 0 Å². The summed E-state index contributed by atoms with van der Waals surface area (Å²) in [4.78, 5) is 11.1. The third-order valence-corrected chi connectivity index (χ3v) is 2.57. The summed E-state index contributed by atoms with van der Waals surface area (Å²) in [5.41, 5.74) is -0.641. The molecule has 1 unspecified atom stereocenters. The van der Waals surface area contributed by atoms with Gasteiger partial charge in [-0.1, -0.05) is 20.8 Å². The van der Waals surface area contributed by atoms with Gasteiger partial charge >= 0.3 is 12.4 Å². The minimum Gasteiger partial charge on any atom is -0.352 e. The summed E-state index contributed by atoms with van der Waals surface area (Å²) < 4.78 is 73.4. The summed E-state index contributed by atoms with van der Waals surface area (Å²) in [7, 11) is 0. The molecule has 0 aliphatic carbocycles. The molecule has 108 valence electrons. The number of halogens is 6. The zero-order chi connectivity index (χ0) is 14.9. The van der Waals surface area contributed by atoms with Crippen molar-refractivity contribution in [1.29, 1.82) is 0 Å². The second-order valence-corrected chi connectivity index (χ2v) is 5.11. The molecule has 1 amide bonds. The van der Waals surface area contributed by atoms with Crippen LogP contribution in [0.4, 0.5) is 26.3 Å². The van der Waals surface area contributed by atoms with E-state index in [4.69, 9.17) is 0 Å². The number of alkyl halides is 6. The highest BCUT2D eigenvalue weighted by Crippen LogP contribution is 2.39. The Balaban J connectivity index is 5.04. The molecule has 2 nitrogen and oxygen atoms in total. The lowest BCUT2D eigenvalue weighted by Gasteiger charge is -2.30. The highest BCUT2D eigenvalue weighted by Gasteiger charge is 2.61. The highest BCUT2D eigenvalue weighted by molar-refractivity contribution is 5.80. The molecule has 0 fully saturated rings. The summed E-state index contributed by atoms with van der Waals surface area (Å²) in [5, 5.41) is 1.75. The van der Waals surface area contributed by atoms with Crippen molar-refractivity contribution in [2.45, 2.75) is 46.1 Å². The van der Waals surface area contributed by atoms with Gasteiger partial charge in [0.1, 0.15) is 0 Å². The van der Waals surface area contributed by atoms with E-state index in [1.54, 1.807) is 26.1 Å². The van der Waals surface area contributed by atoms with Crippen molar-refractivity contribution in [2.75, 3.05) is 0 Å². The van der Waals surface area contributed by atoms with E-state index in [1.165, 1.54) is 6.92 Å². The van der Waals surface area contributed by atoms with Crippen LogP contribution in [-0.4, -0.2) is 24.3 Å². The molecule has 0 heterocycles. The Labute approximate surface area is 101 Å². The monoisotopic (exact) mass is 279 g/mol. The Morgan fingerprint density at radius 1 is 0.944 bits per heavy atom. The van der Waals surface area contributed by atoms with Crippen molar-refractivity contribution in [2.24, 2.45) is 11.3 Å². The maximum Gasteiger partial charge on any atom is 0.409 e. The lowest BCUT2D eigenvalue weighted by Crippen LogP contribution is -2.52. The molecule has 0 spiro atoms. The first kappa shape index (κ1) is 17.1. The Morgan fingerprint density at radius 2 is 1.28 bits per heavy atom. The molecule has 0 rings (SSSR count). The largest absolute Gasteiger partial charge is 0.409 e. The van der Waals surface area contributed by atoms with Crippen LogP contribution in [0.5, 0.6) is 0 Å². The number of carbonyl (C=O) groups excluding carboxylic acids is 1. The first-order valence-corrected chi connectivity index (χ1v) is 5.11. The molecule has 0 aliphatic rings. The number of rotatable bonds is 2. The first-order chi connectivity index (χ1) is 7.67. The lowest BCUT2D eigenvalue weighted by atomic mass is 9.87. The highest BCUT2D eigenvalue weighted by atomic mass is 19.4. The molecule has 0 aromatic heterocycles. The van der Waals surface area contributed by atoms with Crippen LogP contribution in [0, 0.1) is 11.3 Å². The van der Waals surface area contributed by atoms with Crippen LogP contribution in [0.25, 0.3) is 0 Å². The van der Waals surface area contributed by atoms with Gasteiger partial charge in [0.25, 0.3) is 0 Å². The van der Waals surface area contributed by atoms with E-state index >= 15 is 0 Å². The predicted octanol–water partition coefficient (Wildman–Crippen LogP) is 3.28. The fourth-order valence-corrected chi connectivity index (χ4v) is 0.996. The predicted molar refractivity (Wildman–Crippen MR) is 52.7 cm³/mol. The van der Waals surface area contributed by atoms with Crippen LogP contribution < -0.4 is 5.32 Å². The molecule has 0 radical (unpaired) electrons. The van der Waals surface area contributed by atoms with E-state index < -0.39 is 35.6 Å². The fourth-order valence-electron chi connectivity index (χ4n) is 0.996. The van der Waals surface area contributed by atoms with Crippen LogP contribution in [-0.2, 0) is 4.79 Å². The second kappa shape index (κ2) is 4.97. The van der Waals surface area contributed by atoms with Gasteiger partial charge in [-0.15, -0.1) is 0 Å². The number of nitrogens with one attached hydrogen (secondary N) is 1. The molecular weight excluding hydrogens is 264 g/mol. The van der Waals surface area contributed by atoms with Gasteiger partial charge in [0.2, 0.25) is 11.8 Å². The minimum atomic E-state index is -5.65. The Hall–Kier alpha value is -0.950. The van der Waals surface area contributed by atoms with Gasteiger partial charge in [-0.05, 0) is 12.3 Å². The van der Waals surface area contributed by atoms with Gasteiger partial charge < -0.3 is 5.32 Å². The maximum atomic E-state index is 12.2. The van der Waals surface area contributed by atoms with Gasteiger partial charge in [-0.25, -0.2) is 0 Å². The van der Waals surface area contributed by atoms with E-state index in [1.807, 2.05) is 0 Å². The van der Waals surface area contributed by atoms with Crippen molar-refractivity contribution < 1.29 is 31.1 Å². The Kier molecular flexibility index (Phi) is 4.71. The first-order valence-electron chi connectivity index (χ1n) is 5.11. The summed E-state index contributed by atoms with van der Waals surface area (Å²) in [5.74, 6) is -6.06. The van der Waals surface area contributed by atoms with E-state index in [9.17, 15) is 31.1 Å². The van der Waals surface area contributed by atoms with Gasteiger partial charge in [-0.2, -0.15) is 26.3 Å². The molecule has 0 bridgehead atoms. The quantitative estimate of drug-likeness (QED) is 0.772. The van der Waals surface area contributed by atoms with Gasteiger partial charge in [0.15, 0.2) is 0 Å². The minimum absolute atomic E-state index is 0.641. The van der Waals surface area contributed by atoms with Crippen molar-refractivity contribution in [1.82, 2.24) is 5.32 Å². The molecule has 0 saturated carbocycles. The van der Waals surface area contributed by atoms with Crippen LogP contribution in [0.2, 0.25) is 0 Å². The smallest absolute Gasteiger partial charge is 0.352 e. The number of hydrogen-bond donors (Lipinski definition) is 1. The Morgan fingerprint density at radius 3 is 1.50 bits per heavy atom. The third-order valence-electron chi connectivity index (χ3n) is 2.57. The van der Waals surface area contributed by atoms with Crippen molar-refractivity contribution in [3.05, 3.63) is 0 Å². The van der Waals surface area contributed by atoms with Crippen LogP contribution in [0.1, 0.15) is 27.7 Å². The molecule has 0 aromatic rings. The van der Waals surface area contributed by atoms with Crippen LogP contribution in [0.15, 0.2) is 0 Å². The summed E-state index contributed by atoms with van der Waals surface area (Å²) >= 11 is 0. The molecule has 1 N–H and O–H groups in total. The van der Waals surface area contributed by atoms with Gasteiger partial charge in [-0.3, -0.25) is 4.79 Å². The van der Waals surface area contributed by atoms with E-state index in [0.29, 0.717) is 0 Å². The summed E-state index contributed by atoms with van der Waals surface area (Å²) in [6, 6.07) is -0.822. The van der Waals surface area contributed by atoms with Gasteiger partial charge in [0.05, 0.1) is 0 Å². The third kappa shape index (κ3) is 4.73. The zero-order valence-electron chi connectivity index (χ0n) is 10.3. The fraction of sp³-hybridized carbons (Fsp3) is 0.900. The van der Waals surface area contributed by atoms with Crippen molar-refractivity contribution in [3.8, 4) is 0 Å². The molecule has 8 heteroatoms. The topological polar surface area (TPSA) is 29.1 Å². The van der Waals surface area contributed by atoms with Gasteiger partial charge in [0, 0.05) is 6.04 Å². The van der Waals surface area contributed by atoms with Crippen molar-refractivity contribution >= 4 is 5.91 Å².